The van der Waals surface area contributed by atoms with Crippen LogP contribution in [-0.2, 0) is 4.74 Å². The molecule has 3 heterocycles. The van der Waals surface area contributed by atoms with E-state index in [0.29, 0.717) is 24.8 Å². The number of rotatable bonds is 4. The van der Waals surface area contributed by atoms with Crippen molar-refractivity contribution in [3.63, 3.8) is 0 Å². The molecular weight excluding hydrogens is 318 g/mol. The van der Waals surface area contributed by atoms with E-state index in [0.717, 1.165) is 25.1 Å². The van der Waals surface area contributed by atoms with Crippen LogP contribution in [0.25, 0.3) is 0 Å². The standard InChI is InChI=1S/C18H21N5O2/c24-18(15-12-20-6-7-21-15)23-8-9-25-17-13(3-4-16(17)23)10-22-14-2-1-5-19-11-14/h1-2,5-7,11-13,16-17,22H,3-4,8-10H2/t13-,16+,17+/m0/s1. The summed E-state index contributed by atoms with van der Waals surface area (Å²) in [5, 5.41) is 3.43. The summed E-state index contributed by atoms with van der Waals surface area (Å²) in [4.78, 5) is 27.0. The van der Waals surface area contributed by atoms with Gasteiger partial charge in [0.1, 0.15) is 5.69 Å². The Morgan fingerprint density at radius 2 is 2.16 bits per heavy atom. The highest BCUT2D eigenvalue weighted by Crippen LogP contribution is 2.35. The molecule has 1 N–H and O–H groups in total. The third kappa shape index (κ3) is 3.32. The van der Waals surface area contributed by atoms with Gasteiger partial charge in [0.25, 0.3) is 5.91 Å². The first kappa shape index (κ1) is 16.0. The molecule has 3 atom stereocenters. The van der Waals surface area contributed by atoms with Crippen molar-refractivity contribution in [2.75, 3.05) is 25.0 Å². The van der Waals surface area contributed by atoms with E-state index in [4.69, 9.17) is 4.74 Å². The summed E-state index contributed by atoms with van der Waals surface area (Å²) in [6.07, 6.45) is 10.3. The number of hydrogen-bond acceptors (Lipinski definition) is 6. The average molecular weight is 339 g/mol. The first-order valence-electron chi connectivity index (χ1n) is 8.65. The zero-order valence-electron chi connectivity index (χ0n) is 13.9. The van der Waals surface area contributed by atoms with Crippen LogP contribution in [0.1, 0.15) is 23.3 Å². The molecule has 2 aliphatic rings. The summed E-state index contributed by atoms with van der Waals surface area (Å²) in [6.45, 7) is 2.00. The van der Waals surface area contributed by atoms with Gasteiger partial charge in [-0.2, -0.15) is 0 Å². The number of amides is 1. The molecule has 25 heavy (non-hydrogen) atoms. The molecule has 0 spiro atoms. The Morgan fingerprint density at radius 1 is 1.24 bits per heavy atom. The molecule has 130 valence electrons. The maximum Gasteiger partial charge on any atom is 0.274 e. The minimum absolute atomic E-state index is 0.0488. The topological polar surface area (TPSA) is 80.2 Å². The molecule has 7 nitrogen and oxygen atoms in total. The zero-order chi connectivity index (χ0) is 17.1. The second kappa shape index (κ2) is 7.14. The Labute approximate surface area is 146 Å². The second-order valence-electron chi connectivity index (χ2n) is 6.45. The fourth-order valence-electron chi connectivity index (χ4n) is 3.80. The molecule has 0 unspecified atom stereocenters. The van der Waals surface area contributed by atoms with E-state index in [1.165, 1.54) is 6.20 Å². The van der Waals surface area contributed by atoms with Gasteiger partial charge in [0.2, 0.25) is 0 Å². The van der Waals surface area contributed by atoms with Gasteiger partial charge < -0.3 is 15.0 Å². The van der Waals surface area contributed by atoms with Crippen molar-refractivity contribution < 1.29 is 9.53 Å². The van der Waals surface area contributed by atoms with E-state index in [9.17, 15) is 4.79 Å². The van der Waals surface area contributed by atoms with Crippen LogP contribution in [0.4, 0.5) is 5.69 Å². The highest BCUT2D eigenvalue weighted by molar-refractivity contribution is 5.92. The number of carbonyl (C=O) groups excluding carboxylic acids is 1. The second-order valence-corrected chi connectivity index (χ2v) is 6.45. The first-order valence-corrected chi connectivity index (χ1v) is 8.65. The lowest BCUT2D eigenvalue weighted by atomic mass is 10.0. The van der Waals surface area contributed by atoms with Gasteiger partial charge in [-0.3, -0.25) is 14.8 Å². The van der Waals surface area contributed by atoms with E-state index in [1.54, 1.807) is 18.6 Å². The number of pyridine rings is 1. The highest BCUT2D eigenvalue weighted by atomic mass is 16.5. The normalized spacial score (nSPS) is 25.4. The van der Waals surface area contributed by atoms with Crippen LogP contribution in [0.5, 0.6) is 0 Å². The molecule has 1 amide bonds. The molecule has 1 aliphatic carbocycles. The van der Waals surface area contributed by atoms with E-state index in [1.807, 2.05) is 23.2 Å². The first-order chi connectivity index (χ1) is 12.3. The molecule has 0 radical (unpaired) electrons. The van der Waals surface area contributed by atoms with Crippen LogP contribution in [0.3, 0.4) is 0 Å². The predicted octanol–water partition coefficient (Wildman–Crippen LogP) is 1.60. The zero-order valence-corrected chi connectivity index (χ0v) is 13.9. The quantitative estimate of drug-likeness (QED) is 0.911. The summed E-state index contributed by atoms with van der Waals surface area (Å²) in [5.41, 5.74) is 1.41. The fourth-order valence-corrected chi connectivity index (χ4v) is 3.80. The van der Waals surface area contributed by atoms with Crippen LogP contribution >= 0.6 is 0 Å². The Morgan fingerprint density at radius 3 is 2.96 bits per heavy atom. The van der Waals surface area contributed by atoms with Crippen LogP contribution < -0.4 is 5.32 Å². The number of aromatic nitrogens is 3. The molecule has 7 heteroatoms. The van der Waals surface area contributed by atoms with E-state index >= 15 is 0 Å². The molecule has 0 bridgehead atoms. The SMILES string of the molecule is O=C(c1cnccn1)N1CCO[C@@H]2[C@H](CNc3cccnc3)CC[C@H]21. The summed E-state index contributed by atoms with van der Waals surface area (Å²) < 4.78 is 6.03. The number of anilines is 1. The number of nitrogens with zero attached hydrogens (tertiary/aromatic N) is 4. The minimum atomic E-state index is -0.0488. The van der Waals surface area contributed by atoms with Crippen molar-refractivity contribution in [3.05, 3.63) is 48.8 Å². The lowest BCUT2D eigenvalue weighted by molar-refractivity contribution is -0.0603. The van der Waals surface area contributed by atoms with Crippen molar-refractivity contribution >= 4 is 11.6 Å². The van der Waals surface area contributed by atoms with Gasteiger partial charge in [-0.1, -0.05) is 0 Å². The van der Waals surface area contributed by atoms with Crippen molar-refractivity contribution in [2.24, 2.45) is 5.92 Å². The Kier molecular flexibility index (Phi) is 4.56. The number of hydrogen-bond donors (Lipinski definition) is 1. The third-order valence-corrected chi connectivity index (χ3v) is 4.99. The Balaban J connectivity index is 1.42. The largest absolute Gasteiger partial charge is 0.383 e. The smallest absolute Gasteiger partial charge is 0.274 e. The molecule has 2 fully saturated rings. The molecule has 1 saturated carbocycles. The number of nitrogens with one attached hydrogen (secondary N) is 1. The fraction of sp³-hybridized carbons (Fsp3) is 0.444. The van der Waals surface area contributed by atoms with Crippen LogP contribution in [0.2, 0.25) is 0 Å². The predicted molar refractivity (Wildman–Crippen MR) is 92.0 cm³/mol. The summed E-state index contributed by atoms with van der Waals surface area (Å²) in [7, 11) is 0. The summed E-state index contributed by atoms with van der Waals surface area (Å²) >= 11 is 0. The van der Waals surface area contributed by atoms with Crippen molar-refractivity contribution in [1.29, 1.82) is 0 Å². The van der Waals surface area contributed by atoms with Crippen molar-refractivity contribution in [3.8, 4) is 0 Å². The molecule has 1 saturated heterocycles. The molecule has 2 aromatic rings. The number of fused-ring (bicyclic) bond motifs is 1. The molecule has 2 aromatic heterocycles. The van der Waals surface area contributed by atoms with Crippen LogP contribution in [0, 0.1) is 5.92 Å². The van der Waals surface area contributed by atoms with Gasteiger partial charge in [-0.15, -0.1) is 0 Å². The summed E-state index contributed by atoms with van der Waals surface area (Å²) in [6, 6.07) is 4.03. The highest BCUT2D eigenvalue weighted by Gasteiger charge is 2.44. The van der Waals surface area contributed by atoms with Gasteiger partial charge in [0.15, 0.2) is 0 Å². The number of ether oxygens (including phenoxy) is 1. The Hall–Kier alpha value is -2.54. The maximum absolute atomic E-state index is 12.8. The van der Waals surface area contributed by atoms with Gasteiger partial charge in [0.05, 0.1) is 30.6 Å². The van der Waals surface area contributed by atoms with Gasteiger partial charge >= 0.3 is 0 Å². The van der Waals surface area contributed by atoms with Crippen molar-refractivity contribution in [2.45, 2.75) is 25.0 Å². The molecule has 4 rings (SSSR count). The number of carbonyl (C=O) groups is 1. The molecule has 1 aliphatic heterocycles. The van der Waals surface area contributed by atoms with Gasteiger partial charge in [0, 0.05) is 43.8 Å². The van der Waals surface area contributed by atoms with Gasteiger partial charge in [-0.05, 0) is 25.0 Å². The lowest BCUT2D eigenvalue weighted by Gasteiger charge is -2.39. The number of morpholine rings is 1. The van der Waals surface area contributed by atoms with E-state index < -0.39 is 0 Å². The molecular formula is C18H21N5O2. The third-order valence-electron chi connectivity index (χ3n) is 4.99. The van der Waals surface area contributed by atoms with Crippen LogP contribution in [-0.4, -0.2) is 57.6 Å². The Bertz CT molecular complexity index is 712. The van der Waals surface area contributed by atoms with Crippen LogP contribution in [0.15, 0.2) is 43.1 Å². The lowest BCUT2D eigenvalue weighted by Crippen LogP contribution is -2.53. The monoisotopic (exact) mass is 339 g/mol. The maximum atomic E-state index is 12.8. The summed E-state index contributed by atoms with van der Waals surface area (Å²) in [5.74, 6) is 0.329. The van der Waals surface area contributed by atoms with Gasteiger partial charge in [-0.25, -0.2) is 4.98 Å². The van der Waals surface area contributed by atoms with E-state index in [-0.39, 0.29) is 18.1 Å². The van der Waals surface area contributed by atoms with Crippen molar-refractivity contribution in [1.82, 2.24) is 19.9 Å². The average Bonchev–Trinajstić information content (AvgIpc) is 3.10. The van der Waals surface area contributed by atoms with E-state index in [2.05, 4.69) is 20.3 Å². The molecule has 0 aromatic carbocycles. The minimum Gasteiger partial charge on any atom is -0.383 e.